The van der Waals surface area contributed by atoms with Crippen molar-refractivity contribution in [3.05, 3.63) is 29.8 Å². The molecule has 1 aromatic rings. The number of rotatable bonds is 6. The Hall–Kier alpha value is -2.04. The number of carbonyl (C=O) groups excluding carboxylic acids is 2. The molecule has 0 aliphatic carbocycles. The molecule has 1 rings (SSSR count). The van der Waals surface area contributed by atoms with Gasteiger partial charge >= 0.3 is 5.97 Å². The Morgan fingerprint density at radius 3 is 2.45 bits per heavy atom. The lowest BCUT2D eigenvalue weighted by atomic mass is 10.0. The van der Waals surface area contributed by atoms with Gasteiger partial charge in [0.25, 0.3) is 5.91 Å². The second kappa shape index (κ2) is 7.53. The number of methoxy groups -OCH3 is 1. The molecule has 0 saturated heterocycles. The van der Waals surface area contributed by atoms with Crippen LogP contribution in [0, 0.1) is 5.92 Å². The summed E-state index contributed by atoms with van der Waals surface area (Å²) in [7, 11) is 1.30. The maximum absolute atomic E-state index is 12.3. The summed E-state index contributed by atoms with van der Waals surface area (Å²) in [6.07, 6.45) is 0. The topological polar surface area (TPSA) is 64.6 Å². The van der Waals surface area contributed by atoms with Crippen molar-refractivity contribution in [1.82, 2.24) is 5.32 Å². The number of hydrogen-bond acceptors (Lipinski definition) is 4. The van der Waals surface area contributed by atoms with Crippen LogP contribution in [-0.2, 0) is 9.53 Å². The van der Waals surface area contributed by atoms with Gasteiger partial charge in [-0.25, -0.2) is 4.79 Å². The maximum atomic E-state index is 12.3. The normalized spacial score (nSPS) is 11.8. The fraction of sp³-hybridized carbons (Fsp3) is 0.467. The molecule has 0 bridgehead atoms. The molecule has 0 saturated carbocycles. The molecular weight excluding hydrogens is 258 g/mol. The minimum Gasteiger partial charge on any atom is -0.493 e. The standard InChI is InChI=1S/C15H21NO4/c1-5-20-12-9-7-6-8-11(12)14(17)16-13(10(2)3)15(18)19-4/h6-10,13H,5H2,1-4H3,(H,16,17)/t13-/m0/s1. The van der Waals surface area contributed by atoms with Gasteiger partial charge in [-0.2, -0.15) is 0 Å². The van der Waals surface area contributed by atoms with Gasteiger partial charge in [0, 0.05) is 0 Å². The van der Waals surface area contributed by atoms with E-state index in [1.54, 1.807) is 24.3 Å². The van der Waals surface area contributed by atoms with Gasteiger partial charge in [-0.1, -0.05) is 26.0 Å². The molecule has 0 aromatic heterocycles. The summed E-state index contributed by atoms with van der Waals surface area (Å²) in [5.41, 5.74) is 0.406. The minimum atomic E-state index is -0.679. The van der Waals surface area contributed by atoms with Crippen LogP contribution < -0.4 is 10.1 Å². The van der Waals surface area contributed by atoms with E-state index in [9.17, 15) is 9.59 Å². The number of nitrogens with one attached hydrogen (secondary N) is 1. The van der Waals surface area contributed by atoms with E-state index >= 15 is 0 Å². The number of carbonyl (C=O) groups is 2. The van der Waals surface area contributed by atoms with E-state index in [4.69, 9.17) is 9.47 Å². The predicted molar refractivity (Wildman–Crippen MR) is 75.7 cm³/mol. The van der Waals surface area contributed by atoms with Crippen molar-refractivity contribution in [2.75, 3.05) is 13.7 Å². The van der Waals surface area contributed by atoms with Crippen molar-refractivity contribution in [1.29, 1.82) is 0 Å². The molecule has 0 spiro atoms. The van der Waals surface area contributed by atoms with Gasteiger partial charge in [0.1, 0.15) is 11.8 Å². The molecule has 1 aromatic carbocycles. The summed E-state index contributed by atoms with van der Waals surface area (Å²) >= 11 is 0. The Balaban J connectivity index is 2.92. The Kier molecular flexibility index (Phi) is 6.03. The summed E-state index contributed by atoms with van der Waals surface area (Å²) < 4.78 is 10.1. The van der Waals surface area contributed by atoms with Gasteiger partial charge < -0.3 is 14.8 Å². The van der Waals surface area contributed by atoms with Gasteiger partial charge in [-0.05, 0) is 25.0 Å². The zero-order valence-electron chi connectivity index (χ0n) is 12.3. The van der Waals surface area contributed by atoms with Crippen molar-refractivity contribution >= 4 is 11.9 Å². The molecule has 110 valence electrons. The van der Waals surface area contributed by atoms with Crippen LogP contribution >= 0.6 is 0 Å². The fourth-order valence-corrected chi connectivity index (χ4v) is 1.78. The number of para-hydroxylation sites is 1. The van der Waals surface area contributed by atoms with Gasteiger partial charge in [0.05, 0.1) is 19.3 Å². The molecule has 5 heteroatoms. The highest BCUT2D eigenvalue weighted by Crippen LogP contribution is 2.18. The first-order valence-electron chi connectivity index (χ1n) is 6.61. The highest BCUT2D eigenvalue weighted by atomic mass is 16.5. The lowest BCUT2D eigenvalue weighted by Crippen LogP contribution is -2.45. The van der Waals surface area contributed by atoms with Gasteiger partial charge in [0.2, 0.25) is 0 Å². The largest absolute Gasteiger partial charge is 0.493 e. The predicted octanol–water partition coefficient (Wildman–Crippen LogP) is 2.01. The smallest absolute Gasteiger partial charge is 0.328 e. The third-order valence-electron chi connectivity index (χ3n) is 2.84. The molecule has 1 atom stereocenters. The van der Waals surface area contributed by atoms with E-state index in [1.165, 1.54) is 7.11 Å². The number of ether oxygens (including phenoxy) is 2. The van der Waals surface area contributed by atoms with E-state index in [0.717, 1.165) is 0 Å². The lowest BCUT2D eigenvalue weighted by Gasteiger charge is -2.20. The van der Waals surface area contributed by atoms with Crippen molar-refractivity contribution < 1.29 is 19.1 Å². The molecule has 0 unspecified atom stereocenters. The van der Waals surface area contributed by atoms with Gasteiger partial charge in [-0.3, -0.25) is 4.79 Å². The van der Waals surface area contributed by atoms with E-state index in [2.05, 4.69) is 5.32 Å². The molecule has 0 aliphatic heterocycles. The SMILES string of the molecule is CCOc1ccccc1C(=O)N[C@H](C(=O)OC)C(C)C. The van der Waals surface area contributed by atoms with E-state index in [-0.39, 0.29) is 11.8 Å². The van der Waals surface area contributed by atoms with Crippen LogP contribution in [0.4, 0.5) is 0 Å². The zero-order valence-corrected chi connectivity index (χ0v) is 12.3. The Morgan fingerprint density at radius 2 is 1.90 bits per heavy atom. The molecule has 20 heavy (non-hydrogen) atoms. The van der Waals surface area contributed by atoms with Crippen LogP contribution in [0.3, 0.4) is 0 Å². The molecule has 0 aliphatic rings. The van der Waals surface area contributed by atoms with Crippen molar-refractivity contribution in [2.45, 2.75) is 26.8 Å². The summed E-state index contributed by atoms with van der Waals surface area (Å²) in [5, 5.41) is 2.69. The van der Waals surface area contributed by atoms with Crippen molar-refractivity contribution in [2.24, 2.45) is 5.92 Å². The van der Waals surface area contributed by atoms with Crippen molar-refractivity contribution in [3.8, 4) is 5.75 Å². The Labute approximate surface area is 119 Å². The second-order valence-corrected chi connectivity index (χ2v) is 4.65. The third kappa shape index (κ3) is 3.98. The first-order chi connectivity index (χ1) is 9.51. The second-order valence-electron chi connectivity index (χ2n) is 4.65. The zero-order chi connectivity index (χ0) is 15.1. The number of esters is 1. The highest BCUT2D eigenvalue weighted by molar-refractivity contribution is 5.99. The monoisotopic (exact) mass is 279 g/mol. The average Bonchev–Trinajstić information content (AvgIpc) is 2.44. The molecule has 5 nitrogen and oxygen atoms in total. The highest BCUT2D eigenvalue weighted by Gasteiger charge is 2.26. The summed E-state index contributed by atoms with van der Waals surface area (Å²) in [4.78, 5) is 23.9. The van der Waals surface area contributed by atoms with Gasteiger partial charge in [0.15, 0.2) is 0 Å². The number of amides is 1. The minimum absolute atomic E-state index is 0.0642. The summed E-state index contributed by atoms with van der Waals surface area (Å²) in [6, 6.07) is 6.25. The van der Waals surface area contributed by atoms with Crippen LogP contribution in [0.25, 0.3) is 0 Å². The molecule has 0 heterocycles. The average molecular weight is 279 g/mol. The van der Waals surface area contributed by atoms with E-state index < -0.39 is 12.0 Å². The van der Waals surface area contributed by atoms with Gasteiger partial charge in [-0.15, -0.1) is 0 Å². The third-order valence-corrected chi connectivity index (χ3v) is 2.84. The molecule has 0 radical (unpaired) electrons. The first-order valence-corrected chi connectivity index (χ1v) is 6.61. The molecule has 0 fully saturated rings. The quantitative estimate of drug-likeness (QED) is 0.809. The summed E-state index contributed by atoms with van der Waals surface area (Å²) in [6.45, 7) is 6.00. The van der Waals surface area contributed by atoms with Crippen molar-refractivity contribution in [3.63, 3.8) is 0 Å². The first kappa shape index (κ1) is 16.0. The van der Waals surface area contributed by atoms with Crippen LogP contribution in [0.1, 0.15) is 31.1 Å². The Morgan fingerprint density at radius 1 is 1.25 bits per heavy atom. The molecule has 1 N–H and O–H groups in total. The van der Waals surface area contributed by atoms with Crippen LogP contribution in [-0.4, -0.2) is 31.6 Å². The Bertz CT molecular complexity index is 471. The molecular formula is C15H21NO4. The van der Waals surface area contributed by atoms with Crippen LogP contribution in [0.15, 0.2) is 24.3 Å². The van der Waals surface area contributed by atoms with E-state index in [0.29, 0.717) is 17.9 Å². The van der Waals surface area contributed by atoms with E-state index in [1.807, 2.05) is 20.8 Å². The van der Waals surface area contributed by atoms with Crippen LogP contribution in [0.5, 0.6) is 5.75 Å². The molecule has 1 amide bonds. The number of benzene rings is 1. The maximum Gasteiger partial charge on any atom is 0.328 e. The number of hydrogen-bond donors (Lipinski definition) is 1. The fourth-order valence-electron chi connectivity index (χ4n) is 1.78. The van der Waals surface area contributed by atoms with Crippen LogP contribution in [0.2, 0.25) is 0 Å². The summed E-state index contributed by atoms with van der Waals surface area (Å²) in [5.74, 6) is -0.370. The lowest BCUT2D eigenvalue weighted by molar-refractivity contribution is -0.144.